The highest BCUT2D eigenvalue weighted by atomic mass is 16.5. The van der Waals surface area contributed by atoms with E-state index in [2.05, 4.69) is 6.58 Å². The lowest BCUT2D eigenvalue weighted by molar-refractivity contribution is -0.128. The Morgan fingerprint density at radius 3 is 2.23 bits per heavy atom. The third-order valence-electron chi connectivity index (χ3n) is 2.69. The first-order chi connectivity index (χ1) is 10.4. The summed E-state index contributed by atoms with van der Waals surface area (Å²) in [7, 11) is 0. The molecule has 2 aromatic rings. The molecule has 0 amide bonds. The molecule has 0 aliphatic rings. The number of carbonyl (C=O) groups is 1. The van der Waals surface area contributed by atoms with E-state index in [0.717, 1.165) is 6.08 Å². The van der Waals surface area contributed by atoms with Gasteiger partial charge < -0.3 is 9.84 Å². The van der Waals surface area contributed by atoms with Crippen molar-refractivity contribution in [2.45, 2.75) is 6.23 Å². The van der Waals surface area contributed by atoms with Crippen molar-refractivity contribution in [3.63, 3.8) is 0 Å². The average Bonchev–Trinajstić information content (AvgIpc) is 2.46. The van der Waals surface area contributed by atoms with Crippen molar-refractivity contribution in [2.75, 3.05) is 0 Å². The minimum atomic E-state index is -1.61. The number of carbonyl (C=O) groups excluding carboxylic acids is 1. The predicted octanol–water partition coefficient (Wildman–Crippen LogP) is -1.14. The summed E-state index contributed by atoms with van der Waals surface area (Å²) in [6.07, 6.45) is -0.625. The van der Waals surface area contributed by atoms with Gasteiger partial charge in [-0.2, -0.15) is 0 Å². The van der Waals surface area contributed by atoms with Gasteiger partial charge in [-0.1, -0.05) is 18.7 Å². The number of aromatic amines is 2. The molecule has 1 unspecified atom stereocenters. The van der Waals surface area contributed by atoms with Crippen LogP contribution in [0.4, 0.5) is 0 Å². The van der Waals surface area contributed by atoms with E-state index in [4.69, 9.17) is 4.74 Å². The maximum absolute atomic E-state index is 11.6. The van der Waals surface area contributed by atoms with Crippen LogP contribution in [0.25, 0.3) is 0 Å². The Bertz CT molecular complexity index is 840. The molecular formula is C13H11N3O6. The molecule has 0 bridgehead atoms. The first kappa shape index (κ1) is 15.2. The van der Waals surface area contributed by atoms with Gasteiger partial charge in [-0.05, 0) is 12.1 Å². The van der Waals surface area contributed by atoms with E-state index in [1.54, 1.807) is 0 Å². The minimum absolute atomic E-state index is 0.179. The first-order valence-electron chi connectivity index (χ1n) is 6.00. The molecule has 0 saturated carbocycles. The summed E-state index contributed by atoms with van der Waals surface area (Å²) >= 11 is 0. The van der Waals surface area contributed by atoms with E-state index < -0.39 is 29.3 Å². The van der Waals surface area contributed by atoms with Crippen LogP contribution < -0.4 is 21.8 Å². The van der Waals surface area contributed by atoms with Crippen molar-refractivity contribution in [3.05, 3.63) is 73.9 Å². The number of rotatable bonds is 4. The number of H-pyrrole nitrogens is 2. The van der Waals surface area contributed by atoms with E-state index in [1.807, 2.05) is 9.97 Å². The molecule has 1 atom stereocenters. The number of nitrogens with one attached hydrogen (secondary N) is 2. The zero-order valence-corrected chi connectivity index (χ0v) is 11.1. The Kier molecular flexibility index (Phi) is 4.18. The molecule has 1 heterocycles. The molecule has 114 valence electrons. The molecule has 0 saturated heterocycles. The molecule has 0 aliphatic carbocycles. The minimum Gasteiger partial charge on any atom is -0.423 e. The Morgan fingerprint density at radius 1 is 1.18 bits per heavy atom. The number of hydrogen-bond donors (Lipinski definition) is 3. The smallest absolute Gasteiger partial charge is 0.336 e. The van der Waals surface area contributed by atoms with Crippen molar-refractivity contribution in [2.24, 2.45) is 0 Å². The lowest BCUT2D eigenvalue weighted by atomic mass is 10.2. The Labute approximate surface area is 122 Å². The van der Waals surface area contributed by atoms with Crippen molar-refractivity contribution in [1.82, 2.24) is 14.5 Å². The summed E-state index contributed by atoms with van der Waals surface area (Å²) in [6, 6.07) is 5.44. The fraction of sp³-hybridized carbons (Fsp3) is 0.0769. The molecule has 22 heavy (non-hydrogen) atoms. The molecule has 2 rings (SSSR count). The van der Waals surface area contributed by atoms with Crippen LogP contribution in [-0.4, -0.2) is 25.6 Å². The van der Waals surface area contributed by atoms with Crippen LogP contribution in [0.1, 0.15) is 11.8 Å². The molecule has 0 spiro atoms. The average molecular weight is 305 g/mol. The van der Waals surface area contributed by atoms with Gasteiger partial charge in [0.05, 0.1) is 0 Å². The van der Waals surface area contributed by atoms with E-state index >= 15 is 0 Å². The second-order valence-electron chi connectivity index (χ2n) is 4.13. The quantitative estimate of drug-likeness (QED) is 0.371. The van der Waals surface area contributed by atoms with E-state index in [1.165, 1.54) is 24.3 Å². The summed E-state index contributed by atoms with van der Waals surface area (Å²) in [4.78, 5) is 48.8. The van der Waals surface area contributed by atoms with E-state index in [9.17, 15) is 24.3 Å². The zero-order valence-electron chi connectivity index (χ0n) is 11.1. The number of aliphatic hydroxyl groups excluding tert-OH is 1. The van der Waals surface area contributed by atoms with Crippen molar-refractivity contribution < 1.29 is 14.6 Å². The molecule has 0 fully saturated rings. The molecule has 1 aromatic carbocycles. The number of benzene rings is 1. The molecule has 1 aromatic heterocycles. The van der Waals surface area contributed by atoms with Crippen molar-refractivity contribution in [1.29, 1.82) is 0 Å². The maximum atomic E-state index is 11.6. The lowest BCUT2D eigenvalue weighted by Gasteiger charge is -2.12. The maximum Gasteiger partial charge on any atom is 0.336 e. The molecule has 3 N–H and O–H groups in total. The number of ether oxygens (including phenoxy) is 1. The van der Waals surface area contributed by atoms with Gasteiger partial charge in [-0.25, -0.2) is 23.7 Å². The normalized spacial score (nSPS) is 11.7. The second-order valence-corrected chi connectivity index (χ2v) is 4.13. The molecule has 0 aliphatic heterocycles. The Balaban J connectivity index is 2.35. The van der Waals surface area contributed by atoms with Crippen molar-refractivity contribution in [3.8, 4) is 5.75 Å². The molecule has 9 heteroatoms. The number of esters is 1. The lowest BCUT2D eigenvalue weighted by Crippen LogP contribution is -2.45. The number of hydrogen-bond acceptors (Lipinski definition) is 6. The largest absolute Gasteiger partial charge is 0.423 e. The van der Waals surface area contributed by atoms with Gasteiger partial charge in [-0.3, -0.25) is 9.97 Å². The summed E-state index contributed by atoms with van der Waals surface area (Å²) in [5.41, 5.74) is -2.89. The molecule has 0 radical (unpaired) electrons. The van der Waals surface area contributed by atoms with Crippen LogP contribution in [-0.2, 0) is 4.79 Å². The fourth-order valence-corrected chi connectivity index (χ4v) is 1.68. The number of aliphatic hydroxyl groups is 1. The Hall–Kier alpha value is -3.20. The van der Waals surface area contributed by atoms with Gasteiger partial charge in [0, 0.05) is 11.6 Å². The van der Waals surface area contributed by atoms with Gasteiger partial charge in [-0.15, -0.1) is 0 Å². The standard InChI is InChI=1S/C13H11N3O6/c1-2-9(17)22-8-5-3-7(4-6-8)10(18)16-12(20)14-11(19)15-13(16)21/h2-6,10,18H,1H2,(H2,14,15,19,20,21). The summed E-state index contributed by atoms with van der Waals surface area (Å²) < 4.78 is 5.28. The highest BCUT2D eigenvalue weighted by Gasteiger charge is 2.15. The van der Waals surface area contributed by atoms with Crippen LogP contribution in [0.15, 0.2) is 51.3 Å². The summed E-state index contributed by atoms with van der Waals surface area (Å²) in [6.45, 7) is 3.25. The van der Waals surface area contributed by atoms with Crippen molar-refractivity contribution >= 4 is 5.97 Å². The van der Waals surface area contributed by atoms with Crippen LogP contribution >= 0.6 is 0 Å². The predicted molar refractivity (Wildman–Crippen MR) is 74.6 cm³/mol. The van der Waals surface area contributed by atoms with E-state index in [0.29, 0.717) is 4.57 Å². The summed E-state index contributed by atoms with van der Waals surface area (Å²) in [5, 5.41) is 10.1. The highest BCUT2D eigenvalue weighted by molar-refractivity contribution is 5.83. The van der Waals surface area contributed by atoms with Crippen LogP contribution in [0.2, 0.25) is 0 Å². The van der Waals surface area contributed by atoms with Gasteiger partial charge >= 0.3 is 23.0 Å². The number of nitrogens with zero attached hydrogens (tertiary/aromatic N) is 1. The Morgan fingerprint density at radius 2 is 1.73 bits per heavy atom. The van der Waals surface area contributed by atoms with Crippen LogP contribution in [0.5, 0.6) is 5.75 Å². The SMILES string of the molecule is C=CC(=O)Oc1ccc(C(O)n2c(=O)[nH]c(=O)[nH]c2=O)cc1. The van der Waals surface area contributed by atoms with E-state index in [-0.39, 0.29) is 11.3 Å². The van der Waals surface area contributed by atoms with Crippen LogP contribution in [0, 0.1) is 0 Å². The number of aromatic nitrogens is 3. The summed E-state index contributed by atoms with van der Waals surface area (Å²) in [5.74, 6) is -0.454. The molecule has 9 nitrogen and oxygen atoms in total. The topological polar surface area (TPSA) is 134 Å². The van der Waals surface area contributed by atoms with Gasteiger partial charge in [0.25, 0.3) is 0 Å². The van der Waals surface area contributed by atoms with Gasteiger partial charge in [0.15, 0.2) is 6.23 Å². The van der Waals surface area contributed by atoms with Crippen LogP contribution in [0.3, 0.4) is 0 Å². The van der Waals surface area contributed by atoms with Gasteiger partial charge in [0.2, 0.25) is 0 Å². The second kappa shape index (κ2) is 6.06. The third kappa shape index (κ3) is 3.10. The third-order valence-corrected chi connectivity index (χ3v) is 2.69. The fourth-order valence-electron chi connectivity index (χ4n) is 1.68. The monoisotopic (exact) mass is 305 g/mol. The highest BCUT2D eigenvalue weighted by Crippen LogP contribution is 2.17. The first-order valence-corrected chi connectivity index (χ1v) is 6.00. The molecular weight excluding hydrogens is 294 g/mol. The van der Waals surface area contributed by atoms with Gasteiger partial charge in [0.1, 0.15) is 5.75 Å². The zero-order chi connectivity index (χ0) is 16.3.